The van der Waals surface area contributed by atoms with Crippen molar-refractivity contribution in [2.45, 2.75) is 0 Å². The minimum Gasteiger partial charge on any atom is -0.363 e. The van der Waals surface area contributed by atoms with Gasteiger partial charge in [0.25, 0.3) is 5.91 Å². The average molecular weight is 338 g/mol. The Balaban J connectivity index is 2.14. The molecule has 1 heterocycles. The van der Waals surface area contributed by atoms with Crippen LogP contribution in [-0.4, -0.2) is 25.0 Å². The van der Waals surface area contributed by atoms with Crippen LogP contribution in [-0.2, 0) is 0 Å². The van der Waals surface area contributed by atoms with Crippen molar-refractivity contribution in [1.29, 1.82) is 0 Å². The van der Waals surface area contributed by atoms with Crippen LogP contribution in [0.5, 0.6) is 0 Å². The highest BCUT2D eigenvalue weighted by Gasteiger charge is 2.09. The van der Waals surface area contributed by atoms with Crippen LogP contribution in [0.4, 0.5) is 15.9 Å². The maximum atomic E-state index is 13.2. The number of anilines is 2. The van der Waals surface area contributed by atoms with Crippen molar-refractivity contribution in [3.63, 3.8) is 0 Å². The minimum atomic E-state index is -0.467. The van der Waals surface area contributed by atoms with Crippen molar-refractivity contribution in [1.82, 2.24) is 4.98 Å². The summed E-state index contributed by atoms with van der Waals surface area (Å²) in [5.74, 6) is -0.0632. The number of nitrogens with zero attached hydrogens (tertiary/aromatic N) is 2. The molecule has 0 spiro atoms. The molecule has 0 aliphatic carbocycles. The topological polar surface area (TPSA) is 45.2 Å². The Labute approximate surface area is 124 Å². The largest absolute Gasteiger partial charge is 0.363 e. The number of aromatic nitrogens is 1. The monoisotopic (exact) mass is 337 g/mol. The molecule has 0 unspecified atom stereocenters. The molecule has 104 valence electrons. The van der Waals surface area contributed by atoms with Gasteiger partial charge in [-0.15, -0.1) is 0 Å². The van der Waals surface area contributed by atoms with Crippen LogP contribution in [0.1, 0.15) is 10.4 Å². The molecule has 0 aliphatic rings. The number of benzene rings is 1. The molecular formula is C14H13BrFN3O. The van der Waals surface area contributed by atoms with E-state index in [1.54, 1.807) is 24.4 Å². The van der Waals surface area contributed by atoms with E-state index in [9.17, 15) is 9.18 Å². The fourth-order valence-corrected chi connectivity index (χ4v) is 2.08. The van der Waals surface area contributed by atoms with E-state index in [1.807, 2.05) is 19.0 Å². The van der Waals surface area contributed by atoms with Gasteiger partial charge in [-0.3, -0.25) is 4.79 Å². The van der Waals surface area contributed by atoms with Crippen LogP contribution in [0.15, 0.2) is 41.0 Å². The van der Waals surface area contributed by atoms with Gasteiger partial charge < -0.3 is 10.2 Å². The SMILES string of the molecule is CN(C)c1ccc(NC(=O)c2cc(F)cc(Br)c2)cn1. The first kappa shape index (κ1) is 14.5. The Morgan fingerprint density at radius 1 is 1.30 bits per heavy atom. The number of nitrogens with one attached hydrogen (secondary N) is 1. The van der Waals surface area contributed by atoms with Gasteiger partial charge in [-0.25, -0.2) is 9.37 Å². The Kier molecular flexibility index (Phi) is 4.34. The zero-order valence-corrected chi connectivity index (χ0v) is 12.6. The Morgan fingerprint density at radius 3 is 2.60 bits per heavy atom. The lowest BCUT2D eigenvalue weighted by molar-refractivity contribution is 0.102. The number of rotatable bonds is 3. The van der Waals surface area contributed by atoms with Gasteiger partial charge in [-0.1, -0.05) is 15.9 Å². The number of hydrogen-bond donors (Lipinski definition) is 1. The maximum absolute atomic E-state index is 13.2. The maximum Gasteiger partial charge on any atom is 0.255 e. The molecule has 2 rings (SSSR count). The Morgan fingerprint density at radius 2 is 2.05 bits per heavy atom. The standard InChI is InChI=1S/C14H13BrFN3O/c1-19(2)13-4-3-12(8-17-13)18-14(20)9-5-10(15)7-11(16)6-9/h3-8H,1-2H3,(H,18,20). The third kappa shape index (κ3) is 3.54. The van der Waals surface area contributed by atoms with Crippen molar-refractivity contribution in [3.05, 3.63) is 52.4 Å². The molecule has 0 aliphatic heterocycles. The Hall–Kier alpha value is -1.95. The highest BCUT2D eigenvalue weighted by Crippen LogP contribution is 2.17. The summed E-state index contributed by atoms with van der Waals surface area (Å²) in [6.07, 6.45) is 1.56. The van der Waals surface area contributed by atoms with Crippen molar-refractivity contribution in [2.75, 3.05) is 24.3 Å². The van der Waals surface area contributed by atoms with E-state index in [0.717, 1.165) is 5.82 Å². The van der Waals surface area contributed by atoms with Gasteiger partial charge in [0.2, 0.25) is 0 Å². The fourth-order valence-electron chi connectivity index (χ4n) is 1.61. The van der Waals surface area contributed by atoms with Gasteiger partial charge >= 0.3 is 0 Å². The first-order valence-electron chi connectivity index (χ1n) is 5.86. The quantitative estimate of drug-likeness (QED) is 0.934. The van der Waals surface area contributed by atoms with Crippen molar-refractivity contribution >= 4 is 33.3 Å². The highest BCUT2D eigenvalue weighted by atomic mass is 79.9. The zero-order valence-electron chi connectivity index (χ0n) is 11.0. The highest BCUT2D eigenvalue weighted by molar-refractivity contribution is 9.10. The van der Waals surface area contributed by atoms with Crippen LogP contribution in [0, 0.1) is 5.82 Å². The molecule has 1 aromatic heterocycles. The molecule has 0 saturated carbocycles. The molecule has 0 atom stereocenters. The summed E-state index contributed by atoms with van der Waals surface area (Å²) in [5.41, 5.74) is 0.801. The number of amides is 1. The minimum absolute atomic E-state index is 0.244. The molecule has 1 amide bonds. The van der Waals surface area contributed by atoms with Gasteiger partial charge in [0.05, 0.1) is 11.9 Å². The van der Waals surface area contributed by atoms with Crippen LogP contribution < -0.4 is 10.2 Å². The molecule has 6 heteroatoms. The molecule has 1 N–H and O–H groups in total. The van der Waals surface area contributed by atoms with Gasteiger partial charge in [0, 0.05) is 24.1 Å². The summed E-state index contributed by atoms with van der Waals surface area (Å²) in [6.45, 7) is 0. The number of pyridine rings is 1. The lowest BCUT2D eigenvalue weighted by atomic mass is 10.2. The summed E-state index contributed by atoms with van der Waals surface area (Å²) in [6, 6.07) is 7.57. The first-order chi connectivity index (χ1) is 9.45. The number of halogens is 2. The van der Waals surface area contributed by atoms with E-state index >= 15 is 0 Å². The van der Waals surface area contributed by atoms with E-state index in [-0.39, 0.29) is 11.5 Å². The summed E-state index contributed by atoms with van der Waals surface area (Å²) in [7, 11) is 3.76. The second-order valence-corrected chi connectivity index (χ2v) is 5.33. The van der Waals surface area contributed by atoms with Gasteiger partial charge in [0.15, 0.2) is 0 Å². The van der Waals surface area contributed by atoms with E-state index in [1.165, 1.54) is 12.1 Å². The number of hydrogen-bond acceptors (Lipinski definition) is 3. The van der Waals surface area contributed by atoms with Crippen molar-refractivity contribution in [3.8, 4) is 0 Å². The fraction of sp³-hybridized carbons (Fsp3) is 0.143. The van der Waals surface area contributed by atoms with E-state index in [0.29, 0.717) is 10.2 Å². The van der Waals surface area contributed by atoms with Crippen LogP contribution in [0.3, 0.4) is 0 Å². The molecule has 0 fully saturated rings. The molecule has 0 radical (unpaired) electrons. The van der Waals surface area contributed by atoms with Crippen LogP contribution in [0.2, 0.25) is 0 Å². The third-order valence-corrected chi connectivity index (χ3v) is 3.05. The van der Waals surface area contributed by atoms with E-state index < -0.39 is 5.82 Å². The molecule has 20 heavy (non-hydrogen) atoms. The van der Waals surface area contributed by atoms with Crippen molar-refractivity contribution in [2.24, 2.45) is 0 Å². The molecule has 0 saturated heterocycles. The molecular weight excluding hydrogens is 325 g/mol. The van der Waals surface area contributed by atoms with E-state index in [4.69, 9.17) is 0 Å². The molecule has 2 aromatic rings. The smallest absolute Gasteiger partial charge is 0.255 e. The summed E-state index contributed by atoms with van der Waals surface area (Å²) in [5, 5.41) is 2.67. The van der Waals surface area contributed by atoms with Crippen molar-refractivity contribution < 1.29 is 9.18 Å². The van der Waals surface area contributed by atoms with Gasteiger partial charge in [0.1, 0.15) is 11.6 Å². The predicted molar refractivity (Wildman–Crippen MR) is 80.6 cm³/mol. The number of carbonyl (C=O) groups excluding carboxylic acids is 1. The van der Waals surface area contributed by atoms with Crippen LogP contribution >= 0.6 is 15.9 Å². The predicted octanol–water partition coefficient (Wildman–Crippen LogP) is 3.30. The van der Waals surface area contributed by atoms with Gasteiger partial charge in [-0.05, 0) is 30.3 Å². The second kappa shape index (κ2) is 6.00. The Bertz CT molecular complexity index is 609. The van der Waals surface area contributed by atoms with E-state index in [2.05, 4.69) is 26.2 Å². The summed E-state index contributed by atoms with van der Waals surface area (Å²) >= 11 is 3.15. The summed E-state index contributed by atoms with van der Waals surface area (Å²) < 4.78 is 13.8. The lowest BCUT2D eigenvalue weighted by Gasteiger charge is -2.11. The molecule has 0 bridgehead atoms. The average Bonchev–Trinajstić information content (AvgIpc) is 2.38. The number of carbonyl (C=O) groups is 1. The van der Waals surface area contributed by atoms with Gasteiger partial charge in [-0.2, -0.15) is 0 Å². The molecule has 4 nitrogen and oxygen atoms in total. The molecule has 1 aromatic carbocycles. The van der Waals surface area contributed by atoms with Crippen LogP contribution in [0.25, 0.3) is 0 Å². The zero-order chi connectivity index (χ0) is 14.7. The third-order valence-electron chi connectivity index (χ3n) is 2.59. The second-order valence-electron chi connectivity index (χ2n) is 4.41. The lowest BCUT2D eigenvalue weighted by Crippen LogP contribution is -2.14. The normalized spacial score (nSPS) is 10.2. The first-order valence-corrected chi connectivity index (χ1v) is 6.66. The summed E-state index contributed by atoms with van der Waals surface area (Å²) in [4.78, 5) is 18.0.